The zero-order valence-corrected chi connectivity index (χ0v) is 12.1. The van der Waals surface area contributed by atoms with Crippen LogP contribution in [0.25, 0.3) is 0 Å². The summed E-state index contributed by atoms with van der Waals surface area (Å²) in [5.41, 5.74) is 7.62. The molecule has 0 amide bonds. The summed E-state index contributed by atoms with van der Waals surface area (Å²) in [4.78, 5) is 0. The van der Waals surface area contributed by atoms with E-state index in [2.05, 4.69) is 0 Å². The van der Waals surface area contributed by atoms with E-state index < -0.39 is 7.12 Å². The Kier molecular flexibility index (Phi) is 3.75. The van der Waals surface area contributed by atoms with Gasteiger partial charge in [0, 0.05) is 6.54 Å². The lowest BCUT2D eigenvalue weighted by Gasteiger charge is -2.32. The van der Waals surface area contributed by atoms with E-state index in [4.69, 9.17) is 15.0 Å². The summed E-state index contributed by atoms with van der Waals surface area (Å²) >= 11 is 0. The Balaban J connectivity index is 2.30. The summed E-state index contributed by atoms with van der Waals surface area (Å²) in [5, 5.41) is 9.38. The maximum absolute atomic E-state index is 9.38. The van der Waals surface area contributed by atoms with Crippen LogP contribution < -0.4 is 11.2 Å². The first-order chi connectivity index (χ1) is 8.80. The number of hydrogen-bond donors (Lipinski definition) is 2. The van der Waals surface area contributed by atoms with Crippen molar-refractivity contribution in [3.63, 3.8) is 0 Å². The molecule has 19 heavy (non-hydrogen) atoms. The Morgan fingerprint density at radius 2 is 1.68 bits per heavy atom. The van der Waals surface area contributed by atoms with Crippen molar-refractivity contribution in [2.24, 2.45) is 5.73 Å². The first-order valence-corrected chi connectivity index (χ1v) is 6.59. The minimum absolute atomic E-state index is 0.0279. The second-order valence-electron chi connectivity index (χ2n) is 5.98. The molecule has 2 rings (SSSR count). The lowest BCUT2D eigenvalue weighted by Crippen LogP contribution is -2.41. The number of nitrogens with two attached hydrogens (primary N) is 1. The number of rotatable bonds is 3. The third-order valence-electron chi connectivity index (χ3n) is 4.15. The van der Waals surface area contributed by atoms with Crippen LogP contribution >= 0.6 is 0 Å². The van der Waals surface area contributed by atoms with E-state index in [-0.39, 0.29) is 17.8 Å². The van der Waals surface area contributed by atoms with Crippen LogP contribution in [0.1, 0.15) is 38.8 Å². The highest BCUT2D eigenvalue weighted by Gasteiger charge is 2.51. The molecule has 1 aliphatic heterocycles. The molecular weight excluding hydrogens is 241 g/mol. The molecule has 1 heterocycles. The van der Waals surface area contributed by atoms with E-state index >= 15 is 0 Å². The quantitative estimate of drug-likeness (QED) is 0.796. The van der Waals surface area contributed by atoms with Gasteiger partial charge in [-0.2, -0.15) is 0 Å². The molecule has 1 fully saturated rings. The van der Waals surface area contributed by atoms with Crippen LogP contribution in [0.15, 0.2) is 18.2 Å². The predicted octanol–water partition coefficient (Wildman–Crippen LogP) is 0.937. The van der Waals surface area contributed by atoms with Crippen LogP contribution in [0, 0.1) is 0 Å². The number of aliphatic hydroxyl groups excluding tert-OH is 1. The minimum Gasteiger partial charge on any atom is -0.399 e. The zero-order valence-electron chi connectivity index (χ0n) is 12.1. The summed E-state index contributed by atoms with van der Waals surface area (Å²) in [6.45, 7) is 8.48. The van der Waals surface area contributed by atoms with E-state index in [1.54, 1.807) is 0 Å². The fourth-order valence-electron chi connectivity index (χ4n) is 2.12. The van der Waals surface area contributed by atoms with Gasteiger partial charge in [0.25, 0.3) is 0 Å². The van der Waals surface area contributed by atoms with Gasteiger partial charge in [-0.25, -0.2) is 0 Å². The summed E-state index contributed by atoms with van der Waals surface area (Å²) in [5.74, 6) is 0. The standard InChI is InChI=1S/C14H22BNO3/c1-13(2)14(3,4)19-15(18-13)12-6-5-10(8-16)11(7-12)9-17/h5-7,17H,8-9,16H2,1-4H3. The summed E-state index contributed by atoms with van der Waals surface area (Å²) in [7, 11) is -0.401. The lowest BCUT2D eigenvalue weighted by atomic mass is 9.77. The first kappa shape index (κ1) is 14.5. The highest BCUT2D eigenvalue weighted by molar-refractivity contribution is 6.62. The average molecular weight is 263 g/mol. The number of aliphatic hydroxyl groups is 1. The highest BCUT2D eigenvalue weighted by Crippen LogP contribution is 2.36. The topological polar surface area (TPSA) is 64.7 Å². The normalized spacial score (nSPS) is 20.8. The van der Waals surface area contributed by atoms with Gasteiger partial charge >= 0.3 is 7.12 Å². The number of benzene rings is 1. The van der Waals surface area contributed by atoms with Gasteiger partial charge in [-0.05, 0) is 44.3 Å². The molecule has 1 aromatic carbocycles. The van der Waals surface area contributed by atoms with E-state index in [1.807, 2.05) is 45.9 Å². The molecular formula is C14H22BNO3. The first-order valence-electron chi connectivity index (χ1n) is 6.59. The van der Waals surface area contributed by atoms with Crippen molar-refractivity contribution in [3.8, 4) is 0 Å². The van der Waals surface area contributed by atoms with Gasteiger partial charge in [-0.3, -0.25) is 0 Å². The molecule has 0 saturated carbocycles. The summed E-state index contributed by atoms with van der Waals surface area (Å²) < 4.78 is 12.0. The molecule has 4 nitrogen and oxygen atoms in total. The van der Waals surface area contributed by atoms with Crippen LogP contribution in [0.4, 0.5) is 0 Å². The fraction of sp³-hybridized carbons (Fsp3) is 0.571. The van der Waals surface area contributed by atoms with Crippen LogP contribution in [0.3, 0.4) is 0 Å². The molecule has 0 spiro atoms. The Morgan fingerprint density at radius 3 is 2.16 bits per heavy atom. The van der Waals surface area contributed by atoms with Crippen molar-refractivity contribution in [3.05, 3.63) is 29.3 Å². The third kappa shape index (κ3) is 2.56. The molecule has 104 valence electrons. The molecule has 1 saturated heterocycles. The zero-order chi connectivity index (χ0) is 14.3. The second kappa shape index (κ2) is 4.91. The van der Waals surface area contributed by atoms with E-state index in [1.165, 1.54) is 0 Å². The lowest BCUT2D eigenvalue weighted by molar-refractivity contribution is 0.00578. The smallest absolute Gasteiger partial charge is 0.399 e. The van der Waals surface area contributed by atoms with E-state index in [0.29, 0.717) is 6.54 Å². The Hall–Kier alpha value is -0.875. The minimum atomic E-state index is -0.401. The molecule has 3 N–H and O–H groups in total. The molecule has 0 atom stereocenters. The van der Waals surface area contributed by atoms with Gasteiger partial charge in [0.15, 0.2) is 0 Å². The van der Waals surface area contributed by atoms with Crippen LogP contribution in [-0.2, 0) is 22.5 Å². The molecule has 1 aliphatic rings. The van der Waals surface area contributed by atoms with Gasteiger partial charge in [0.1, 0.15) is 0 Å². The molecule has 0 bridgehead atoms. The van der Waals surface area contributed by atoms with Crippen molar-refractivity contribution < 1.29 is 14.4 Å². The van der Waals surface area contributed by atoms with Crippen LogP contribution in [0.5, 0.6) is 0 Å². The van der Waals surface area contributed by atoms with Crippen molar-refractivity contribution in [2.45, 2.75) is 52.0 Å². The molecule has 0 unspecified atom stereocenters. The van der Waals surface area contributed by atoms with Gasteiger partial charge in [-0.15, -0.1) is 0 Å². The predicted molar refractivity (Wildman–Crippen MR) is 76.0 cm³/mol. The highest BCUT2D eigenvalue weighted by atomic mass is 16.7. The van der Waals surface area contributed by atoms with E-state index in [0.717, 1.165) is 16.6 Å². The monoisotopic (exact) mass is 263 g/mol. The maximum Gasteiger partial charge on any atom is 0.494 e. The second-order valence-corrected chi connectivity index (χ2v) is 5.98. The van der Waals surface area contributed by atoms with Crippen molar-refractivity contribution in [1.82, 2.24) is 0 Å². The maximum atomic E-state index is 9.38. The summed E-state index contributed by atoms with van der Waals surface area (Å²) in [6.07, 6.45) is 0. The number of hydrogen-bond acceptors (Lipinski definition) is 4. The Labute approximate surface area is 115 Å². The van der Waals surface area contributed by atoms with Crippen molar-refractivity contribution in [2.75, 3.05) is 0 Å². The van der Waals surface area contributed by atoms with Gasteiger partial charge in [-0.1, -0.05) is 18.2 Å². The fourth-order valence-corrected chi connectivity index (χ4v) is 2.12. The third-order valence-corrected chi connectivity index (χ3v) is 4.15. The molecule has 0 aliphatic carbocycles. The molecule has 0 aromatic heterocycles. The molecule has 1 aromatic rings. The Bertz CT molecular complexity index is 458. The van der Waals surface area contributed by atoms with Crippen LogP contribution in [0.2, 0.25) is 0 Å². The van der Waals surface area contributed by atoms with Crippen molar-refractivity contribution >= 4 is 12.6 Å². The average Bonchev–Trinajstić information content (AvgIpc) is 2.57. The van der Waals surface area contributed by atoms with Gasteiger partial charge in [0.2, 0.25) is 0 Å². The van der Waals surface area contributed by atoms with Crippen LogP contribution in [-0.4, -0.2) is 23.4 Å². The Morgan fingerprint density at radius 1 is 1.11 bits per heavy atom. The molecule has 0 radical (unpaired) electrons. The SMILES string of the molecule is CC1(C)OB(c2ccc(CN)c(CO)c2)OC1(C)C. The van der Waals surface area contributed by atoms with Gasteiger partial charge in [0.05, 0.1) is 17.8 Å². The largest absolute Gasteiger partial charge is 0.494 e. The van der Waals surface area contributed by atoms with E-state index in [9.17, 15) is 5.11 Å². The van der Waals surface area contributed by atoms with Gasteiger partial charge < -0.3 is 20.1 Å². The molecule has 5 heteroatoms. The van der Waals surface area contributed by atoms with Crippen molar-refractivity contribution in [1.29, 1.82) is 0 Å². The summed E-state index contributed by atoms with van der Waals surface area (Å²) in [6, 6.07) is 5.78.